The number of carbonyl (C=O) groups excluding carboxylic acids is 1. The Labute approximate surface area is 229 Å². The third-order valence-corrected chi connectivity index (χ3v) is 6.54. The lowest BCUT2D eigenvalue weighted by atomic mass is 10.0. The molecule has 4 aromatic rings. The molecule has 0 bridgehead atoms. The topological polar surface area (TPSA) is 83.8 Å². The highest BCUT2D eigenvalue weighted by Gasteiger charge is 2.36. The van der Waals surface area contributed by atoms with Gasteiger partial charge >= 0.3 is 12.6 Å². The summed E-state index contributed by atoms with van der Waals surface area (Å²) >= 11 is 0. The van der Waals surface area contributed by atoms with Crippen LogP contribution in [0.1, 0.15) is 33.3 Å². The van der Waals surface area contributed by atoms with Crippen molar-refractivity contribution in [2.75, 3.05) is 5.32 Å². The molecule has 0 unspecified atom stereocenters. The van der Waals surface area contributed by atoms with Crippen molar-refractivity contribution in [3.8, 4) is 45.4 Å². The molecule has 0 spiro atoms. The monoisotopic (exact) mass is 547 g/mol. The summed E-state index contributed by atoms with van der Waals surface area (Å²) in [5, 5.41) is 7.46. The van der Waals surface area contributed by atoms with E-state index in [2.05, 4.69) is 10.4 Å². The molecule has 0 saturated carbocycles. The molecule has 1 N–H and O–H groups in total. The van der Waals surface area contributed by atoms with Gasteiger partial charge in [-0.1, -0.05) is 30.3 Å². The summed E-state index contributed by atoms with van der Waals surface area (Å²) in [4.78, 5) is 13.3. The van der Waals surface area contributed by atoms with Crippen LogP contribution in [0, 0.1) is 0 Å². The third-order valence-electron chi connectivity index (χ3n) is 6.54. The van der Waals surface area contributed by atoms with E-state index >= 15 is 0 Å². The normalized spacial score (nSPS) is 16.0. The van der Waals surface area contributed by atoms with Crippen molar-refractivity contribution in [3.05, 3.63) is 72.4 Å². The molecule has 6 rings (SSSR count). The average Bonchev–Trinajstić information content (AvgIpc) is 3.55. The van der Waals surface area contributed by atoms with E-state index in [1.165, 1.54) is 10.7 Å². The first-order valence-electron chi connectivity index (χ1n) is 12.8. The molecule has 8 nitrogen and oxygen atoms in total. The van der Waals surface area contributed by atoms with Gasteiger partial charge in [-0.05, 0) is 49.7 Å². The minimum Gasteiger partial charge on any atom is -0.487 e. The fourth-order valence-corrected chi connectivity index (χ4v) is 4.99. The molecule has 3 aromatic carbocycles. The van der Waals surface area contributed by atoms with E-state index in [0.717, 1.165) is 23.3 Å². The molecule has 0 aliphatic carbocycles. The first kappa shape index (κ1) is 25.7. The third kappa shape index (κ3) is 4.92. The zero-order chi connectivity index (χ0) is 28.2. The first-order chi connectivity index (χ1) is 19.0. The number of nitrogens with one attached hydrogen (secondary N) is 1. The van der Waals surface area contributed by atoms with Gasteiger partial charge in [0.2, 0.25) is 11.5 Å². The van der Waals surface area contributed by atoms with Gasteiger partial charge in [0.15, 0.2) is 11.5 Å². The summed E-state index contributed by atoms with van der Waals surface area (Å²) < 4.78 is 50.0. The maximum Gasteiger partial charge on any atom is 0.387 e. The van der Waals surface area contributed by atoms with Crippen LogP contribution < -0.4 is 24.3 Å². The number of hydrogen-bond acceptors (Lipinski definition) is 6. The van der Waals surface area contributed by atoms with E-state index in [1.54, 1.807) is 32.2 Å². The van der Waals surface area contributed by atoms with Gasteiger partial charge in [-0.3, -0.25) is 0 Å². The molecule has 3 heterocycles. The molecule has 206 valence electrons. The summed E-state index contributed by atoms with van der Waals surface area (Å²) in [5.41, 5.74) is 3.48. The predicted octanol–water partition coefficient (Wildman–Crippen LogP) is 7.12. The van der Waals surface area contributed by atoms with Gasteiger partial charge in [0.1, 0.15) is 17.0 Å². The number of nitrogens with zero attached hydrogens (tertiary/aromatic N) is 2. The van der Waals surface area contributed by atoms with Crippen LogP contribution in [-0.2, 0) is 6.42 Å². The largest absolute Gasteiger partial charge is 0.487 e. The summed E-state index contributed by atoms with van der Waals surface area (Å²) in [6.07, 6.45) is 2.32. The van der Waals surface area contributed by atoms with Crippen LogP contribution in [0.2, 0.25) is 0 Å². The molecule has 0 atom stereocenters. The van der Waals surface area contributed by atoms with Gasteiger partial charge in [0, 0.05) is 48.8 Å². The fraction of sp³-hybridized carbons (Fsp3) is 0.267. The average molecular weight is 548 g/mol. The quantitative estimate of drug-likeness (QED) is 0.286. The van der Waals surface area contributed by atoms with E-state index in [9.17, 15) is 13.6 Å². The number of hydrogen-bond donors (Lipinski definition) is 1. The SMILES string of the molecule is CC1(C)Cc2cc(NC(=O)n3cc(-c4ccccc4)c(-c4cc(OC(F)F)c5c(c4)OC(C)(C)O5)n3)ccc2O1. The second kappa shape index (κ2) is 9.25. The number of aromatic nitrogens is 2. The number of benzene rings is 3. The van der Waals surface area contributed by atoms with Crippen LogP contribution in [0.15, 0.2) is 66.9 Å². The summed E-state index contributed by atoms with van der Waals surface area (Å²) in [7, 11) is 0. The van der Waals surface area contributed by atoms with Crippen LogP contribution in [0.5, 0.6) is 23.0 Å². The zero-order valence-electron chi connectivity index (χ0n) is 22.3. The number of amides is 1. The van der Waals surface area contributed by atoms with Crippen LogP contribution in [0.4, 0.5) is 19.3 Å². The predicted molar refractivity (Wildman–Crippen MR) is 144 cm³/mol. The highest BCUT2D eigenvalue weighted by Crippen LogP contribution is 2.49. The second-order valence-corrected chi connectivity index (χ2v) is 10.8. The Morgan fingerprint density at radius 1 is 0.975 bits per heavy atom. The van der Waals surface area contributed by atoms with Gasteiger partial charge in [-0.25, -0.2) is 4.79 Å². The van der Waals surface area contributed by atoms with E-state index < -0.39 is 18.4 Å². The van der Waals surface area contributed by atoms with Crippen molar-refractivity contribution in [3.63, 3.8) is 0 Å². The maximum absolute atomic E-state index is 13.3. The van der Waals surface area contributed by atoms with Crippen molar-refractivity contribution < 1.29 is 32.5 Å². The number of alkyl halides is 2. The summed E-state index contributed by atoms with van der Waals surface area (Å²) in [5.74, 6) is -0.146. The number of fused-ring (bicyclic) bond motifs is 2. The minimum atomic E-state index is -3.08. The van der Waals surface area contributed by atoms with E-state index in [1.807, 2.05) is 56.3 Å². The van der Waals surface area contributed by atoms with Gasteiger partial charge in [-0.15, -0.1) is 0 Å². The molecular formula is C30H27F2N3O5. The van der Waals surface area contributed by atoms with Gasteiger partial charge in [0.05, 0.1) is 0 Å². The first-order valence-corrected chi connectivity index (χ1v) is 12.8. The van der Waals surface area contributed by atoms with Crippen molar-refractivity contribution in [1.82, 2.24) is 9.78 Å². The van der Waals surface area contributed by atoms with Crippen LogP contribution in [0.25, 0.3) is 22.4 Å². The van der Waals surface area contributed by atoms with Crippen molar-refractivity contribution in [2.45, 2.75) is 52.1 Å². The molecule has 2 aliphatic heterocycles. The van der Waals surface area contributed by atoms with Crippen LogP contribution >= 0.6 is 0 Å². The zero-order valence-corrected chi connectivity index (χ0v) is 22.3. The molecule has 1 amide bonds. The molecule has 2 aliphatic rings. The lowest BCUT2D eigenvalue weighted by Crippen LogP contribution is -2.29. The van der Waals surface area contributed by atoms with Gasteiger partial charge < -0.3 is 24.3 Å². The van der Waals surface area contributed by atoms with E-state index in [4.69, 9.17) is 18.9 Å². The summed E-state index contributed by atoms with van der Waals surface area (Å²) in [6, 6.07) is 17.4. The van der Waals surface area contributed by atoms with Crippen LogP contribution in [-0.4, -0.2) is 33.8 Å². The molecular weight excluding hydrogens is 520 g/mol. The molecule has 40 heavy (non-hydrogen) atoms. The lowest BCUT2D eigenvalue weighted by molar-refractivity contribution is -0.0617. The van der Waals surface area contributed by atoms with E-state index in [-0.39, 0.29) is 22.8 Å². The Morgan fingerprint density at radius 3 is 2.50 bits per heavy atom. The fourth-order valence-electron chi connectivity index (χ4n) is 4.99. The molecule has 0 saturated heterocycles. The number of carbonyl (C=O) groups is 1. The maximum atomic E-state index is 13.3. The Bertz CT molecular complexity index is 1620. The standard InChI is InChI=1S/C30H27F2N3O5/c1-29(2)15-19-12-20(10-11-22(19)38-29)33-28(36)35-16-21(17-8-6-5-7-9-17)25(34-35)18-13-23(37-27(31)32)26-24(14-18)39-30(3,4)40-26/h5-14,16,27H,15H2,1-4H3,(H,33,36). The van der Waals surface area contributed by atoms with Gasteiger partial charge in [-0.2, -0.15) is 18.6 Å². The molecule has 10 heteroatoms. The number of ether oxygens (including phenoxy) is 4. The Kier molecular flexibility index (Phi) is 5.94. The van der Waals surface area contributed by atoms with Crippen LogP contribution in [0.3, 0.4) is 0 Å². The number of anilines is 1. The minimum absolute atomic E-state index is 0.0799. The molecule has 0 radical (unpaired) electrons. The van der Waals surface area contributed by atoms with Gasteiger partial charge in [0.25, 0.3) is 0 Å². The van der Waals surface area contributed by atoms with E-state index in [0.29, 0.717) is 22.5 Å². The Hall–Kier alpha value is -4.60. The molecule has 1 aromatic heterocycles. The van der Waals surface area contributed by atoms with Crippen molar-refractivity contribution >= 4 is 11.7 Å². The van der Waals surface area contributed by atoms with Crippen molar-refractivity contribution in [1.29, 1.82) is 0 Å². The van der Waals surface area contributed by atoms with Crippen molar-refractivity contribution in [2.24, 2.45) is 0 Å². The Balaban J connectivity index is 1.39. The lowest BCUT2D eigenvalue weighted by Gasteiger charge is -2.16. The highest BCUT2D eigenvalue weighted by molar-refractivity contribution is 5.93. The number of rotatable bonds is 5. The Morgan fingerprint density at radius 2 is 1.75 bits per heavy atom. The molecule has 0 fully saturated rings. The number of halogens is 2. The second-order valence-electron chi connectivity index (χ2n) is 10.8. The highest BCUT2D eigenvalue weighted by atomic mass is 19.3. The smallest absolute Gasteiger partial charge is 0.387 e. The summed E-state index contributed by atoms with van der Waals surface area (Å²) in [6.45, 7) is 4.28.